The number of nitrogens with zero attached hydrogens (tertiary/aromatic N) is 3. The third-order valence-corrected chi connectivity index (χ3v) is 2.74. The van der Waals surface area contributed by atoms with Crippen LogP contribution in [0.4, 0.5) is 0 Å². The van der Waals surface area contributed by atoms with Crippen LogP contribution in [-0.4, -0.2) is 31.0 Å². The molecule has 0 aromatic carbocycles. The maximum Gasteiger partial charge on any atom is 0.338 e. The number of oxazole rings is 1. The summed E-state index contributed by atoms with van der Waals surface area (Å²) in [5.74, 6) is 0.411. The molecule has 96 valence electrons. The second-order valence-electron chi connectivity index (χ2n) is 4.10. The molecule has 0 aliphatic carbocycles. The van der Waals surface area contributed by atoms with Gasteiger partial charge in [0.15, 0.2) is 23.1 Å². The van der Waals surface area contributed by atoms with Crippen molar-refractivity contribution in [3.63, 3.8) is 0 Å². The molecule has 19 heavy (non-hydrogen) atoms. The van der Waals surface area contributed by atoms with Gasteiger partial charge in [0.25, 0.3) is 0 Å². The van der Waals surface area contributed by atoms with Crippen molar-refractivity contribution in [2.75, 3.05) is 0 Å². The fourth-order valence-corrected chi connectivity index (χ4v) is 1.95. The van der Waals surface area contributed by atoms with Crippen molar-refractivity contribution < 1.29 is 14.3 Å². The van der Waals surface area contributed by atoms with E-state index in [1.165, 1.54) is 12.3 Å². The number of aromatic nitrogens is 4. The van der Waals surface area contributed by atoms with E-state index in [9.17, 15) is 4.79 Å². The lowest BCUT2D eigenvalue weighted by Crippen LogP contribution is -1.97. The van der Waals surface area contributed by atoms with Crippen LogP contribution in [0, 0.1) is 13.8 Å². The van der Waals surface area contributed by atoms with Crippen LogP contribution >= 0.6 is 0 Å². The number of carbonyl (C=O) groups is 1. The van der Waals surface area contributed by atoms with Crippen molar-refractivity contribution in [1.82, 2.24) is 19.9 Å². The van der Waals surface area contributed by atoms with Crippen LogP contribution in [0.2, 0.25) is 0 Å². The molecule has 3 heterocycles. The van der Waals surface area contributed by atoms with Gasteiger partial charge in [0.1, 0.15) is 0 Å². The van der Waals surface area contributed by atoms with Crippen molar-refractivity contribution >= 4 is 17.1 Å². The second kappa shape index (κ2) is 3.91. The molecule has 3 aromatic rings. The van der Waals surface area contributed by atoms with E-state index in [1.807, 2.05) is 0 Å². The Morgan fingerprint density at radius 3 is 2.79 bits per heavy atom. The molecule has 0 atom stereocenters. The normalized spacial score (nSPS) is 11.1. The SMILES string of the molecule is Cc1nc(C)c(-c2nc3nccc(C(=O)O)c3[nH]2)o1. The third kappa shape index (κ3) is 1.75. The summed E-state index contributed by atoms with van der Waals surface area (Å²) >= 11 is 0. The van der Waals surface area contributed by atoms with Crippen molar-refractivity contribution in [3.05, 3.63) is 29.4 Å². The molecule has 0 spiro atoms. The summed E-state index contributed by atoms with van der Waals surface area (Å²) in [6.45, 7) is 3.53. The lowest BCUT2D eigenvalue weighted by atomic mass is 10.2. The van der Waals surface area contributed by atoms with Gasteiger partial charge < -0.3 is 14.5 Å². The van der Waals surface area contributed by atoms with Gasteiger partial charge in [-0.25, -0.2) is 19.7 Å². The van der Waals surface area contributed by atoms with Gasteiger partial charge in [0, 0.05) is 13.1 Å². The highest BCUT2D eigenvalue weighted by Gasteiger charge is 2.17. The molecule has 7 heteroatoms. The maximum absolute atomic E-state index is 11.1. The number of hydrogen-bond donors (Lipinski definition) is 2. The predicted molar refractivity (Wildman–Crippen MR) is 65.8 cm³/mol. The Bertz CT molecular complexity index is 787. The van der Waals surface area contributed by atoms with Crippen molar-refractivity contribution in [1.29, 1.82) is 0 Å². The number of carboxylic acids is 1. The Balaban J connectivity index is 2.25. The average molecular weight is 258 g/mol. The number of rotatable bonds is 2. The van der Waals surface area contributed by atoms with E-state index in [1.54, 1.807) is 13.8 Å². The van der Waals surface area contributed by atoms with Gasteiger partial charge in [0.2, 0.25) is 0 Å². The van der Waals surface area contributed by atoms with E-state index < -0.39 is 5.97 Å². The number of aromatic carboxylic acids is 1. The van der Waals surface area contributed by atoms with E-state index in [0.29, 0.717) is 34.3 Å². The third-order valence-electron chi connectivity index (χ3n) is 2.74. The minimum Gasteiger partial charge on any atom is -0.478 e. The summed E-state index contributed by atoms with van der Waals surface area (Å²) in [6, 6.07) is 1.42. The first-order chi connectivity index (χ1) is 9.06. The number of carboxylic acid groups (broad SMARTS) is 1. The summed E-state index contributed by atoms with van der Waals surface area (Å²) in [5.41, 5.74) is 1.52. The lowest BCUT2D eigenvalue weighted by Gasteiger charge is -1.93. The molecular weight excluding hydrogens is 248 g/mol. The Kier molecular flexibility index (Phi) is 2.34. The Morgan fingerprint density at radius 1 is 1.37 bits per heavy atom. The second-order valence-corrected chi connectivity index (χ2v) is 4.10. The average Bonchev–Trinajstić information content (AvgIpc) is 2.91. The van der Waals surface area contributed by atoms with Crippen molar-refractivity contribution in [3.8, 4) is 11.6 Å². The Hall–Kier alpha value is -2.70. The van der Waals surface area contributed by atoms with Crippen LogP contribution in [0.25, 0.3) is 22.7 Å². The number of aryl methyl sites for hydroxylation is 2. The van der Waals surface area contributed by atoms with Crippen LogP contribution in [-0.2, 0) is 0 Å². The van der Waals surface area contributed by atoms with Crippen LogP contribution in [0.3, 0.4) is 0 Å². The van der Waals surface area contributed by atoms with Crippen molar-refractivity contribution in [2.45, 2.75) is 13.8 Å². The summed E-state index contributed by atoms with van der Waals surface area (Å²) in [7, 11) is 0. The first-order valence-electron chi connectivity index (χ1n) is 5.58. The van der Waals surface area contributed by atoms with Gasteiger partial charge >= 0.3 is 5.97 Å². The lowest BCUT2D eigenvalue weighted by molar-refractivity contribution is 0.0698. The molecule has 0 saturated heterocycles. The summed E-state index contributed by atoms with van der Waals surface area (Å²) in [6.07, 6.45) is 1.41. The van der Waals surface area contributed by atoms with Gasteiger partial charge in [-0.05, 0) is 13.0 Å². The fourth-order valence-electron chi connectivity index (χ4n) is 1.95. The zero-order chi connectivity index (χ0) is 13.6. The van der Waals surface area contributed by atoms with Gasteiger partial charge in [-0.1, -0.05) is 0 Å². The van der Waals surface area contributed by atoms with E-state index >= 15 is 0 Å². The van der Waals surface area contributed by atoms with Crippen LogP contribution < -0.4 is 0 Å². The quantitative estimate of drug-likeness (QED) is 0.727. The Labute approximate surface area is 107 Å². The topological polar surface area (TPSA) is 105 Å². The highest BCUT2D eigenvalue weighted by Crippen LogP contribution is 2.24. The number of pyridine rings is 1. The number of fused-ring (bicyclic) bond motifs is 1. The molecule has 0 amide bonds. The fraction of sp³-hybridized carbons (Fsp3) is 0.167. The molecule has 0 aliphatic heterocycles. The van der Waals surface area contributed by atoms with Crippen molar-refractivity contribution in [2.24, 2.45) is 0 Å². The van der Waals surface area contributed by atoms with E-state index in [2.05, 4.69) is 19.9 Å². The molecule has 0 saturated carbocycles. The van der Waals surface area contributed by atoms with E-state index in [4.69, 9.17) is 9.52 Å². The number of H-pyrrole nitrogens is 1. The Morgan fingerprint density at radius 2 is 2.16 bits per heavy atom. The summed E-state index contributed by atoms with van der Waals surface area (Å²) in [5, 5.41) is 9.11. The highest BCUT2D eigenvalue weighted by molar-refractivity contribution is 6.00. The van der Waals surface area contributed by atoms with Gasteiger partial charge in [-0.3, -0.25) is 0 Å². The molecule has 0 unspecified atom stereocenters. The largest absolute Gasteiger partial charge is 0.478 e. The molecule has 3 aromatic heterocycles. The molecule has 0 bridgehead atoms. The molecule has 0 fully saturated rings. The maximum atomic E-state index is 11.1. The number of hydrogen-bond acceptors (Lipinski definition) is 5. The highest BCUT2D eigenvalue weighted by atomic mass is 16.4. The zero-order valence-electron chi connectivity index (χ0n) is 10.3. The summed E-state index contributed by atoms with van der Waals surface area (Å²) < 4.78 is 5.45. The standard InChI is InChI=1S/C12H10N4O3/c1-5-9(19-6(2)14-5)11-15-8-7(12(17)18)3-4-13-10(8)16-11/h3-4H,1-2H3,(H,17,18)(H,13,15,16). The molecule has 0 radical (unpaired) electrons. The summed E-state index contributed by atoms with van der Waals surface area (Å²) in [4.78, 5) is 26.5. The van der Waals surface area contributed by atoms with Gasteiger partial charge in [-0.2, -0.15) is 0 Å². The smallest absolute Gasteiger partial charge is 0.338 e. The number of nitrogens with one attached hydrogen (secondary N) is 1. The van der Waals surface area contributed by atoms with Gasteiger partial charge in [0.05, 0.1) is 16.8 Å². The predicted octanol–water partition coefficient (Wildman–Crippen LogP) is 1.93. The molecular formula is C12H10N4O3. The molecule has 2 N–H and O–H groups in total. The first kappa shape index (κ1) is 11.4. The van der Waals surface area contributed by atoms with Crippen LogP contribution in [0.1, 0.15) is 21.9 Å². The minimum absolute atomic E-state index is 0.123. The number of imidazole rings is 1. The van der Waals surface area contributed by atoms with Gasteiger partial charge in [-0.15, -0.1) is 0 Å². The zero-order valence-corrected chi connectivity index (χ0v) is 10.3. The molecule has 7 nitrogen and oxygen atoms in total. The monoisotopic (exact) mass is 258 g/mol. The van der Waals surface area contributed by atoms with Crippen LogP contribution in [0.15, 0.2) is 16.7 Å². The molecule has 0 aliphatic rings. The molecule has 3 rings (SSSR count). The van der Waals surface area contributed by atoms with E-state index in [-0.39, 0.29) is 5.56 Å². The number of aromatic amines is 1. The van der Waals surface area contributed by atoms with Crippen LogP contribution in [0.5, 0.6) is 0 Å². The van der Waals surface area contributed by atoms with E-state index in [0.717, 1.165) is 0 Å². The minimum atomic E-state index is -1.03. The first-order valence-corrected chi connectivity index (χ1v) is 5.58.